The molecule has 1 unspecified atom stereocenters. The summed E-state index contributed by atoms with van der Waals surface area (Å²) in [7, 11) is 0. The summed E-state index contributed by atoms with van der Waals surface area (Å²) in [5, 5.41) is 5.00. The van der Waals surface area contributed by atoms with Crippen molar-refractivity contribution in [1.29, 1.82) is 0 Å². The van der Waals surface area contributed by atoms with E-state index in [4.69, 9.17) is 0 Å². The van der Waals surface area contributed by atoms with Crippen LogP contribution >= 0.6 is 27.3 Å². The second kappa shape index (κ2) is 5.82. The lowest BCUT2D eigenvalue weighted by molar-refractivity contribution is 0.899. The maximum absolute atomic E-state index is 3.63. The molecule has 0 amide bonds. The van der Waals surface area contributed by atoms with Gasteiger partial charge in [-0.25, -0.2) is 0 Å². The molecule has 0 fully saturated rings. The Hall–Kier alpha value is -1.32. The van der Waals surface area contributed by atoms with E-state index in [1.165, 1.54) is 26.1 Å². The fraction of sp³-hybridized carbons (Fsp3) is 0.222. The predicted molar refractivity (Wildman–Crippen MR) is 97.5 cm³/mol. The third-order valence-electron chi connectivity index (χ3n) is 3.77. The first kappa shape index (κ1) is 14.6. The van der Waals surface area contributed by atoms with Crippen LogP contribution in [-0.2, 0) is 0 Å². The van der Waals surface area contributed by atoms with Gasteiger partial charge in [-0.2, -0.15) is 0 Å². The van der Waals surface area contributed by atoms with Gasteiger partial charge in [0.2, 0.25) is 0 Å². The number of benzene rings is 2. The molecule has 2 aromatic carbocycles. The van der Waals surface area contributed by atoms with E-state index in [0.29, 0.717) is 6.04 Å². The molecule has 1 heterocycles. The van der Waals surface area contributed by atoms with Gasteiger partial charge in [-0.1, -0.05) is 24.3 Å². The van der Waals surface area contributed by atoms with E-state index in [0.717, 1.165) is 10.2 Å². The zero-order valence-electron chi connectivity index (χ0n) is 12.4. The van der Waals surface area contributed by atoms with Crippen molar-refractivity contribution in [2.24, 2.45) is 0 Å². The molecule has 0 radical (unpaired) electrons. The van der Waals surface area contributed by atoms with Crippen LogP contribution in [0.25, 0.3) is 10.1 Å². The van der Waals surface area contributed by atoms with Gasteiger partial charge in [0.1, 0.15) is 0 Å². The summed E-state index contributed by atoms with van der Waals surface area (Å²) in [5.74, 6) is 0. The first-order valence-corrected chi connectivity index (χ1v) is 8.68. The fourth-order valence-electron chi connectivity index (χ4n) is 2.65. The summed E-state index contributed by atoms with van der Waals surface area (Å²) in [6, 6.07) is 15.3. The Kier molecular flexibility index (Phi) is 4.05. The minimum atomic E-state index is 0.292. The Morgan fingerprint density at radius 3 is 2.62 bits per heavy atom. The second-order valence-corrected chi connectivity index (χ2v) is 7.37. The molecular weight excluding hydrogens is 342 g/mol. The SMILES string of the molecule is Cc1ccc(Br)c(NC(C)c2sc3ccccc3c2C)c1. The lowest BCUT2D eigenvalue weighted by Crippen LogP contribution is -2.06. The molecule has 0 saturated carbocycles. The van der Waals surface area contributed by atoms with E-state index in [9.17, 15) is 0 Å². The molecule has 1 N–H and O–H groups in total. The number of anilines is 1. The quantitative estimate of drug-likeness (QED) is 0.566. The van der Waals surface area contributed by atoms with E-state index >= 15 is 0 Å². The van der Waals surface area contributed by atoms with E-state index in [-0.39, 0.29) is 0 Å². The predicted octanol–water partition coefficient (Wildman–Crippen LogP) is 6.45. The average Bonchev–Trinajstić information content (AvgIpc) is 2.81. The van der Waals surface area contributed by atoms with Crippen molar-refractivity contribution in [1.82, 2.24) is 0 Å². The zero-order valence-corrected chi connectivity index (χ0v) is 14.8. The number of nitrogens with one attached hydrogen (secondary N) is 1. The van der Waals surface area contributed by atoms with Crippen molar-refractivity contribution in [3.63, 3.8) is 0 Å². The molecule has 1 nitrogen and oxygen atoms in total. The van der Waals surface area contributed by atoms with Crippen LogP contribution in [0.15, 0.2) is 46.9 Å². The van der Waals surface area contributed by atoms with Crippen LogP contribution in [0, 0.1) is 13.8 Å². The van der Waals surface area contributed by atoms with Crippen LogP contribution in [0.2, 0.25) is 0 Å². The van der Waals surface area contributed by atoms with Crippen molar-refractivity contribution in [2.45, 2.75) is 26.8 Å². The highest BCUT2D eigenvalue weighted by molar-refractivity contribution is 9.10. The number of hydrogen-bond acceptors (Lipinski definition) is 2. The molecule has 3 aromatic rings. The molecule has 0 aliphatic heterocycles. The summed E-state index contributed by atoms with van der Waals surface area (Å²) in [6.07, 6.45) is 0. The number of rotatable bonds is 3. The maximum atomic E-state index is 3.63. The number of halogens is 1. The van der Waals surface area contributed by atoms with Crippen molar-refractivity contribution in [2.75, 3.05) is 5.32 Å². The molecule has 0 aliphatic rings. The van der Waals surface area contributed by atoms with Gasteiger partial charge in [-0.3, -0.25) is 0 Å². The van der Waals surface area contributed by atoms with Gasteiger partial charge in [-0.05, 0) is 71.4 Å². The Balaban J connectivity index is 1.95. The smallest absolute Gasteiger partial charge is 0.0581 e. The number of thiophene rings is 1. The van der Waals surface area contributed by atoms with E-state index in [1.807, 2.05) is 11.3 Å². The van der Waals surface area contributed by atoms with Crippen LogP contribution in [0.4, 0.5) is 5.69 Å². The molecule has 1 aromatic heterocycles. The van der Waals surface area contributed by atoms with Gasteiger partial charge in [0, 0.05) is 19.7 Å². The van der Waals surface area contributed by atoms with Crippen LogP contribution in [-0.4, -0.2) is 0 Å². The Morgan fingerprint density at radius 2 is 1.86 bits per heavy atom. The molecule has 3 heteroatoms. The first-order valence-electron chi connectivity index (χ1n) is 7.07. The summed E-state index contributed by atoms with van der Waals surface area (Å²) < 4.78 is 2.47. The van der Waals surface area contributed by atoms with Crippen LogP contribution in [0.1, 0.15) is 29.0 Å². The van der Waals surface area contributed by atoms with Gasteiger partial charge >= 0.3 is 0 Å². The van der Waals surface area contributed by atoms with Crippen LogP contribution in [0.3, 0.4) is 0 Å². The molecule has 0 aliphatic carbocycles. The Morgan fingerprint density at radius 1 is 1.10 bits per heavy atom. The third kappa shape index (κ3) is 2.85. The van der Waals surface area contributed by atoms with E-state index < -0.39 is 0 Å². The van der Waals surface area contributed by atoms with Gasteiger partial charge in [0.15, 0.2) is 0 Å². The summed E-state index contributed by atoms with van der Waals surface area (Å²) in [5.41, 5.74) is 3.81. The molecule has 3 rings (SSSR count). The number of hydrogen-bond donors (Lipinski definition) is 1. The maximum Gasteiger partial charge on any atom is 0.0581 e. The van der Waals surface area contributed by atoms with E-state index in [1.54, 1.807) is 0 Å². The fourth-order valence-corrected chi connectivity index (χ4v) is 4.23. The van der Waals surface area contributed by atoms with Crippen molar-refractivity contribution < 1.29 is 0 Å². The highest BCUT2D eigenvalue weighted by atomic mass is 79.9. The molecule has 0 saturated heterocycles. The highest BCUT2D eigenvalue weighted by Gasteiger charge is 2.15. The van der Waals surface area contributed by atoms with Crippen LogP contribution < -0.4 is 5.32 Å². The van der Waals surface area contributed by atoms with Gasteiger partial charge in [0.05, 0.1) is 6.04 Å². The van der Waals surface area contributed by atoms with Gasteiger partial charge in [0.25, 0.3) is 0 Å². The lowest BCUT2D eigenvalue weighted by atomic mass is 10.1. The summed E-state index contributed by atoms with van der Waals surface area (Å²) in [6.45, 7) is 6.57. The molecule has 108 valence electrons. The topological polar surface area (TPSA) is 12.0 Å². The third-order valence-corrected chi connectivity index (χ3v) is 5.91. The largest absolute Gasteiger partial charge is 0.377 e. The van der Waals surface area contributed by atoms with Gasteiger partial charge < -0.3 is 5.32 Å². The highest BCUT2D eigenvalue weighted by Crippen LogP contribution is 2.36. The molecule has 0 spiro atoms. The first-order chi connectivity index (χ1) is 10.1. The normalized spacial score (nSPS) is 12.6. The molecule has 21 heavy (non-hydrogen) atoms. The van der Waals surface area contributed by atoms with Crippen molar-refractivity contribution in [3.05, 3.63) is 62.9 Å². The number of fused-ring (bicyclic) bond motifs is 1. The van der Waals surface area contributed by atoms with E-state index in [2.05, 4.69) is 84.5 Å². The Labute approximate surface area is 138 Å². The standard InChI is InChI=1S/C18H18BrNS/c1-11-8-9-15(19)16(10-11)20-13(3)18-12(2)14-6-4-5-7-17(14)21-18/h4-10,13,20H,1-3H3. The zero-order chi connectivity index (χ0) is 15.0. The summed E-state index contributed by atoms with van der Waals surface area (Å²) >= 11 is 5.51. The second-order valence-electron chi connectivity index (χ2n) is 5.44. The minimum Gasteiger partial charge on any atom is -0.377 e. The summed E-state index contributed by atoms with van der Waals surface area (Å²) in [4.78, 5) is 1.41. The average molecular weight is 360 g/mol. The molecule has 1 atom stereocenters. The van der Waals surface area contributed by atoms with Crippen LogP contribution in [0.5, 0.6) is 0 Å². The van der Waals surface area contributed by atoms with Crippen molar-refractivity contribution in [3.8, 4) is 0 Å². The minimum absolute atomic E-state index is 0.292. The monoisotopic (exact) mass is 359 g/mol. The molecule has 0 bridgehead atoms. The van der Waals surface area contributed by atoms with Gasteiger partial charge in [-0.15, -0.1) is 11.3 Å². The molecular formula is C18H18BrNS. The lowest BCUT2D eigenvalue weighted by Gasteiger charge is -2.17. The van der Waals surface area contributed by atoms with Crippen molar-refractivity contribution >= 4 is 43.0 Å². The number of aryl methyl sites for hydroxylation is 2. The Bertz CT molecular complexity index is 791.